The van der Waals surface area contributed by atoms with Gasteiger partial charge in [0.1, 0.15) is 0 Å². The van der Waals surface area contributed by atoms with E-state index in [1.807, 2.05) is 9.91 Å². The number of amides is 2. The molecule has 0 radical (unpaired) electrons. The number of carbonyl (C=O) groups excluding carboxylic acids is 1. The Hall–Kier alpha value is -2.90. The lowest BCUT2D eigenvalue weighted by Gasteiger charge is -2.33. The number of rotatable bonds is 7. The van der Waals surface area contributed by atoms with E-state index in [4.69, 9.17) is 9.84 Å². The van der Waals surface area contributed by atoms with E-state index >= 15 is 0 Å². The zero-order valence-corrected chi connectivity index (χ0v) is 24.0. The zero-order chi connectivity index (χ0) is 27.3. The van der Waals surface area contributed by atoms with Crippen LogP contribution in [0, 0.1) is 18.8 Å². The molecule has 1 aliphatic carbocycles. The van der Waals surface area contributed by atoms with Crippen molar-refractivity contribution < 1.29 is 9.53 Å². The van der Waals surface area contributed by atoms with Gasteiger partial charge in [0.2, 0.25) is 0 Å². The third kappa shape index (κ3) is 6.06. The minimum atomic E-state index is -0.0591. The highest BCUT2D eigenvalue weighted by molar-refractivity contribution is 6.14. The lowest BCUT2D eigenvalue weighted by molar-refractivity contribution is 0.0480. The Bertz CT molecular complexity index is 1180. The van der Waals surface area contributed by atoms with Gasteiger partial charge >= 0.3 is 6.03 Å². The van der Waals surface area contributed by atoms with E-state index in [9.17, 15) is 4.79 Å². The molecular formula is C33H45N5O2. The van der Waals surface area contributed by atoms with E-state index in [2.05, 4.69) is 60.0 Å². The number of aryl methyl sites for hydroxylation is 1. The van der Waals surface area contributed by atoms with Crippen LogP contribution in [0.15, 0.2) is 47.6 Å². The molecule has 0 aromatic heterocycles. The van der Waals surface area contributed by atoms with Crippen LogP contribution in [0.4, 0.5) is 21.9 Å². The zero-order valence-electron chi connectivity index (χ0n) is 24.0. The SMILES string of the molecule is Cc1ccc2c(c1)N(c1ccc(NCCC3CCNCC3)cc1)C(=O)N(C1CCOCC1)N=C2C1CCCCC1. The molecule has 7 nitrogen and oxygen atoms in total. The lowest BCUT2D eigenvalue weighted by Crippen LogP contribution is -2.45. The van der Waals surface area contributed by atoms with Crippen LogP contribution in [0.1, 0.15) is 75.3 Å². The molecular weight excluding hydrogens is 498 g/mol. The first-order valence-corrected chi connectivity index (χ1v) is 15.6. The standard InChI is InChI=1S/C33H45N5O2/c1-24-7-12-30-31(23-24)37(28-10-8-27(9-11-28)35-20-15-25-13-18-34-19-14-25)33(39)38(29-16-21-40-22-17-29)36-32(30)26-5-3-2-4-6-26/h7-12,23,25-26,29,34-35H,2-6,13-22H2,1H3. The molecule has 0 spiro atoms. The first-order chi connectivity index (χ1) is 19.7. The first-order valence-electron chi connectivity index (χ1n) is 15.6. The van der Waals surface area contributed by atoms with E-state index < -0.39 is 0 Å². The number of fused-ring (bicyclic) bond motifs is 1. The fourth-order valence-corrected chi connectivity index (χ4v) is 6.88. The van der Waals surface area contributed by atoms with Crippen molar-refractivity contribution in [1.82, 2.24) is 10.3 Å². The van der Waals surface area contributed by atoms with E-state index in [1.165, 1.54) is 38.5 Å². The molecule has 3 heterocycles. The summed E-state index contributed by atoms with van der Waals surface area (Å²) in [6, 6.07) is 14.9. The Kier molecular flexibility index (Phi) is 8.68. The summed E-state index contributed by atoms with van der Waals surface area (Å²) >= 11 is 0. The topological polar surface area (TPSA) is 69.2 Å². The largest absolute Gasteiger partial charge is 0.385 e. The molecule has 6 rings (SSSR count). The second kappa shape index (κ2) is 12.7. The molecule has 214 valence electrons. The fourth-order valence-electron chi connectivity index (χ4n) is 6.88. The number of nitrogens with one attached hydrogen (secondary N) is 2. The van der Waals surface area contributed by atoms with Crippen LogP contribution in [-0.2, 0) is 4.74 Å². The number of benzene rings is 2. The summed E-state index contributed by atoms with van der Waals surface area (Å²) in [5.74, 6) is 1.19. The van der Waals surface area contributed by atoms with E-state index in [1.54, 1.807) is 0 Å². The Morgan fingerprint density at radius 2 is 1.70 bits per heavy atom. The Morgan fingerprint density at radius 3 is 2.45 bits per heavy atom. The normalized spacial score (nSPS) is 21.6. The van der Waals surface area contributed by atoms with Crippen LogP contribution in [0.5, 0.6) is 0 Å². The monoisotopic (exact) mass is 543 g/mol. The molecule has 2 saturated heterocycles. The highest BCUT2D eigenvalue weighted by atomic mass is 16.5. The fraction of sp³-hybridized carbons (Fsp3) is 0.576. The predicted molar refractivity (Wildman–Crippen MR) is 163 cm³/mol. The van der Waals surface area contributed by atoms with Gasteiger partial charge < -0.3 is 15.4 Å². The third-order valence-corrected chi connectivity index (χ3v) is 9.27. The Labute approximate surface area is 239 Å². The van der Waals surface area contributed by atoms with Gasteiger partial charge in [-0.05, 0) is 107 Å². The maximum absolute atomic E-state index is 14.5. The van der Waals surface area contributed by atoms with Crippen molar-refractivity contribution in [2.45, 2.75) is 77.2 Å². The molecule has 0 atom stereocenters. The van der Waals surface area contributed by atoms with Crippen LogP contribution in [0.2, 0.25) is 0 Å². The summed E-state index contributed by atoms with van der Waals surface area (Å²) in [4.78, 5) is 16.4. The number of hydrazone groups is 1. The van der Waals surface area contributed by atoms with Gasteiger partial charge in [-0.1, -0.05) is 31.4 Å². The molecule has 0 unspecified atom stereocenters. The third-order valence-electron chi connectivity index (χ3n) is 9.27. The minimum absolute atomic E-state index is 0.0497. The quantitative estimate of drug-likeness (QED) is 0.401. The Morgan fingerprint density at radius 1 is 0.950 bits per heavy atom. The molecule has 2 aromatic rings. The first kappa shape index (κ1) is 27.3. The lowest BCUT2D eigenvalue weighted by atomic mass is 9.82. The van der Waals surface area contributed by atoms with Gasteiger partial charge in [-0.15, -0.1) is 0 Å². The van der Waals surface area contributed by atoms with Crippen LogP contribution in [0.3, 0.4) is 0 Å². The van der Waals surface area contributed by atoms with Crippen molar-refractivity contribution in [2.75, 3.05) is 43.1 Å². The highest BCUT2D eigenvalue weighted by Gasteiger charge is 2.37. The van der Waals surface area contributed by atoms with Crippen LogP contribution in [0.25, 0.3) is 0 Å². The number of carbonyl (C=O) groups is 1. The van der Waals surface area contributed by atoms with Crippen molar-refractivity contribution in [2.24, 2.45) is 16.9 Å². The molecule has 2 N–H and O–H groups in total. The number of urea groups is 1. The highest BCUT2D eigenvalue weighted by Crippen LogP contribution is 2.39. The molecule has 4 aliphatic rings. The van der Waals surface area contributed by atoms with Crippen molar-refractivity contribution in [3.8, 4) is 0 Å². The van der Waals surface area contributed by atoms with Gasteiger partial charge in [-0.3, -0.25) is 4.90 Å². The summed E-state index contributed by atoms with van der Waals surface area (Å²) < 4.78 is 5.66. The van der Waals surface area contributed by atoms with Gasteiger partial charge in [0.25, 0.3) is 0 Å². The number of ether oxygens (including phenoxy) is 1. The Balaban J connectivity index is 1.31. The number of hydrogen-bond donors (Lipinski definition) is 2. The van der Waals surface area contributed by atoms with Crippen LogP contribution < -0.4 is 15.5 Å². The number of hydrogen-bond acceptors (Lipinski definition) is 5. The van der Waals surface area contributed by atoms with Gasteiger partial charge in [-0.2, -0.15) is 5.10 Å². The van der Waals surface area contributed by atoms with Crippen LogP contribution in [-0.4, -0.2) is 55.6 Å². The molecule has 1 saturated carbocycles. The summed E-state index contributed by atoms with van der Waals surface area (Å²) in [7, 11) is 0. The molecule has 2 aromatic carbocycles. The van der Waals surface area contributed by atoms with Crippen molar-refractivity contribution >= 4 is 28.8 Å². The number of nitrogens with zero attached hydrogens (tertiary/aromatic N) is 3. The van der Waals surface area contributed by atoms with E-state index in [0.717, 1.165) is 85.1 Å². The van der Waals surface area contributed by atoms with E-state index in [-0.39, 0.29) is 12.1 Å². The maximum atomic E-state index is 14.5. The molecule has 7 heteroatoms. The van der Waals surface area contributed by atoms with Gasteiger partial charge in [0, 0.05) is 36.9 Å². The summed E-state index contributed by atoms with van der Waals surface area (Å²) in [6.07, 6.45) is 11.4. The number of piperidine rings is 1. The van der Waals surface area contributed by atoms with Crippen molar-refractivity contribution in [1.29, 1.82) is 0 Å². The number of anilines is 3. The van der Waals surface area contributed by atoms with E-state index in [0.29, 0.717) is 19.1 Å². The van der Waals surface area contributed by atoms with Gasteiger partial charge in [0.15, 0.2) is 0 Å². The minimum Gasteiger partial charge on any atom is -0.385 e. The van der Waals surface area contributed by atoms with Crippen LogP contribution >= 0.6 is 0 Å². The molecule has 0 bridgehead atoms. The molecule has 40 heavy (non-hydrogen) atoms. The molecule has 3 aliphatic heterocycles. The second-order valence-electron chi connectivity index (χ2n) is 12.1. The average molecular weight is 544 g/mol. The predicted octanol–water partition coefficient (Wildman–Crippen LogP) is 6.83. The summed E-state index contributed by atoms with van der Waals surface area (Å²) in [5.41, 5.74) is 6.28. The summed E-state index contributed by atoms with van der Waals surface area (Å²) in [6.45, 7) is 6.71. The van der Waals surface area contributed by atoms with Gasteiger partial charge in [-0.25, -0.2) is 9.80 Å². The summed E-state index contributed by atoms with van der Waals surface area (Å²) in [5, 5.41) is 14.1. The second-order valence-corrected chi connectivity index (χ2v) is 12.1. The maximum Gasteiger partial charge on any atom is 0.349 e. The smallest absolute Gasteiger partial charge is 0.349 e. The van der Waals surface area contributed by atoms with Crippen molar-refractivity contribution in [3.05, 3.63) is 53.6 Å². The van der Waals surface area contributed by atoms with Gasteiger partial charge in [0.05, 0.1) is 23.1 Å². The molecule has 2 amide bonds. The van der Waals surface area contributed by atoms with Crippen molar-refractivity contribution in [3.63, 3.8) is 0 Å². The molecule has 3 fully saturated rings. The average Bonchev–Trinajstić information content (AvgIpc) is 3.12.